The maximum Gasteiger partial charge on any atom is 0.312 e. The van der Waals surface area contributed by atoms with Crippen molar-refractivity contribution in [1.29, 1.82) is 0 Å². The van der Waals surface area contributed by atoms with E-state index in [4.69, 9.17) is 4.74 Å². The molecule has 0 saturated heterocycles. The van der Waals surface area contributed by atoms with Gasteiger partial charge in [-0.05, 0) is 24.1 Å². The molecule has 1 amide bonds. The summed E-state index contributed by atoms with van der Waals surface area (Å²) in [4.78, 5) is 23.2. The Morgan fingerprint density at radius 2 is 1.62 bits per heavy atom. The third-order valence-corrected chi connectivity index (χ3v) is 3.56. The molecule has 2 aromatic rings. The fourth-order valence-electron chi connectivity index (χ4n) is 2.28. The molecule has 0 aliphatic heterocycles. The van der Waals surface area contributed by atoms with Gasteiger partial charge in [-0.1, -0.05) is 48.5 Å². The van der Waals surface area contributed by atoms with E-state index in [1.165, 1.54) is 0 Å². The molecule has 0 aliphatic rings. The maximum absolute atomic E-state index is 11.9. The van der Waals surface area contributed by atoms with Crippen LogP contribution in [0.25, 0.3) is 0 Å². The van der Waals surface area contributed by atoms with Gasteiger partial charge in [0.2, 0.25) is 5.91 Å². The van der Waals surface area contributed by atoms with Gasteiger partial charge in [0, 0.05) is 13.0 Å². The van der Waals surface area contributed by atoms with E-state index in [9.17, 15) is 14.7 Å². The van der Waals surface area contributed by atoms with Crippen LogP contribution in [0.3, 0.4) is 0 Å². The molecule has 2 N–H and O–H groups in total. The summed E-state index contributed by atoms with van der Waals surface area (Å²) in [5.41, 5.74) is 0.678. The van der Waals surface area contributed by atoms with Gasteiger partial charge in [-0.25, -0.2) is 0 Å². The van der Waals surface area contributed by atoms with Crippen molar-refractivity contribution >= 4 is 11.9 Å². The van der Waals surface area contributed by atoms with E-state index in [1.807, 2.05) is 36.4 Å². The van der Waals surface area contributed by atoms with E-state index in [0.717, 1.165) is 5.75 Å². The second kappa shape index (κ2) is 9.35. The highest BCUT2D eigenvalue weighted by molar-refractivity contribution is 5.79. The van der Waals surface area contributed by atoms with Gasteiger partial charge in [0.15, 0.2) is 0 Å². The Kier molecular flexibility index (Phi) is 6.83. The van der Waals surface area contributed by atoms with Gasteiger partial charge in [-0.2, -0.15) is 0 Å². The van der Waals surface area contributed by atoms with Gasteiger partial charge < -0.3 is 15.2 Å². The van der Waals surface area contributed by atoms with E-state index in [0.29, 0.717) is 25.0 Å². The monoisotopic (exact) mass is 327 g/mol. The number of nitrogens with one attached hydrogen (secondary N) is 1. The minimum Gasteiger partial charge on any atom is -0.494 e. The fourth-order valence-corrected chi connectivity index (χ4v) is 2.28. The molecular weight excluding hydrogens is 306 g/mol. The topological polar surface area (TPSA) is 75.6 Å². The third kappa shape index (κ3) is 5.76. The predicted octanol–water partition coefficient (Wildman–Crippen LogP) is 2.83. The van der Waals surface area contributed by atoms with E-state index < -0.39 is 11.9 Å². The standard InChI is InChI=1S/C19H21NO4/c21-18(12-7-13-24-16-10-5-2-6-11-16)20-14-17(19(22)23)15-8-3-1-4-9-15/h1-6,8-11,17H,7,12-14H2,(H,20,21)(H,22,23). The summed E-state index contributed by atoms with van der Waals surface area (Å²) in [5, 5.41) is 12.0. The Balaban J connectivity index is 1.70. The number of hydrogen-bond donors (Lipinski definition) is 2. The molecule has 0 radical (unpaired) electrons. The van der Waals surface area contributed by atoms with Crippen molar-refractivity contribution in [3.8, 4) is 5.75 Å². The first-order valence-electron chi connectivity index (χ1n) is 7.89. The molecule has 2 rings (SSSR count). The van der Waals surface area contributed by atoms with Crippen LogP contribution in [0.4, 0.5) is 0 Å². The highest BCUT2D eigenvalue weighted by atomic mass is 16.5. The number of carboxylic acids is 1. The van der Waals surface area contributed by atoms with Crippen molar-refractivity contribution < 1.29 is 19.4 Å². The lowest BCUT2D eigenvalue weighted by molar-refractivity contribution is -0.138. The number of benzene rings is 2. The number of carboxylic acid groups (broad SMARTS) is 1. The second-order valence-electron chi connectivity index (χ2n) is 5.37. The maximum atomic E-state index is 11.9. The normalized spacial score (nSPS) is 11.5. The van der Waals surface area contributed by atoms with Gasteiger partial charge in [0.1, 0.15) is 5.75 Å². The Bertz CT molecular complexity index is 643. The molecule has 1 unspecified atom stereocenters. The average molecular weight is 327 g/mol. The van der Waals surface area contributed by atoms with Crippen molar-refractivity contribution in [2.75, 3.05) is 13.2 Å². The Labute approximate surface area is 141 Å². The molecule has 5 heteroatoms. The summed E-state index contributed by atoms with van der Waals surface area (Å²) in [6, 6.07) is 18.3. The van der Waals surface area contributed by atoms with Crippen LogP contribution < -0.4 is 10.1 Å². The first-order chi connectivity index (χ1) is 11.7. The molecule has 0 aromatic heterocycles. The van der Waals surface area contributed by atoms with Crippen LogP contribution in [0, 0.1) is 0 Å². The zero-order valence-electron chi connectivity index (χ0n) is 13.4. The number of rotatable bonds is 9. The van der Waals surface area contributed by atoms with E-state index in [2.05, 4.69) is 5.32 Å². The smallest absolute Gasteiger partial charge is 0.312 e. The zero-order chi connectivity index (χ0) is 17.2. The van der Waals surface area contributed by atoms with Gasteiger partial charge >= 0.3 is 5.97 Å². The average Bonchev–Trinajstić information content (AvgIpc) is 2.60. The number of carbonyl (C=O) groups excluding carboxylic acids is 1. The molecule has 0 spiro atoms. The highest BCUT2D eigenvalue weighted by Gasteiger charge is 2.20. The zero-order valence-corrected chi connectivity index (χ0v) is 13.4. The third-order valence-electron chi connectivity index (χ3n) is 3.56. The lowest BCUT2D eigenvalue weighted by atomic mass is 9.99. The number of para-hydroxylation sites is 1. The van der Waals surface area contributed by atoms with Crippen molar-refractivity contribution in [2.45, 2.75) is 18.8 Å². The minimum absolute atomic E-state index is 0.0811. The van der Waals surface area contributed by atoms with Crippen LogP contribution in [-0.2, 0) is 9.59 Å². The van der Waals surface area contributed by atoms with Gasteiger partial charge in [0.25, 0.3) is 0 Å². The van der Waals surface area contributed by atoms with Gasteiger partial charge in [-0.3, -0.25) is 9.59 Å². The Morgan fingerprint density at radius 1 is 1.00 bits per heavy atom. The van der Waals surface area contributed by atoms with E-state index in [-0.39, 0.29) is 12.5 Å². The molecule has 0 fully saturated rings. The fraction of sp³-hybridized carbons (Fsp3) is 0.263. The molecule has 0 saturated carbocycles. The van der Waals surface area contributed by atoms with Gasteiger partial charge in [-0.15, -0.1) is 0 Å². The second-order valence-corrected chi connectivity index (χ2v) is 5.37. The molecule has 126 valence electrons. The number of aliphatic carboxylic acids is 1. The SMILES string of the molecule is O=C(CCCOc1ccccc1)NCC(C(=O)O)c1ccccc1. The summed E-state index contributed by atoms with van der Waals surface area (Å²) < 4.78 is 5.52. The molecule has 2 aromatic carbocycles. The van der Waals surface area contributed by atoms with Crippen LogP contribution in [0.5, 0.6) is 5.75 Å². The number of amides is 1. The largest absolute Gasteiger partial charge is 0.494 e. The molecule has 24 heavy (non-hydrogen) atoms. The molecule has 0 aliphatic carbocycles. The molecular formula is C19H21NO4. The minimum atomic E-state index is -0.950. The van der Waals surface area contributed by atoms with E-state index >= 15 is 0 Å². The molecule has 0 bridgehead atoms. The van der Waals surface area contributed by atoms with Crippen LogP contribution >= 0.6 is 0 Å². The molecule has 0 heterocycles. The van der Waals surface area contributed by atoms with Crippen molar-refractivity contribution in [2.24, 2.45) is 0 Å². The van der Waals surface area contributed by atoms with Crippen LogP contribution in [0.2, 0.25) is 0 Å². The van der Waals surface area contributed by atoms with Crippen LogP contribution in [-0.4, -0.2) is 30.1 Å². The number of ether oxygens (including phenoxy) is 1. The van der Waals surface area contributed by atoms with Crippen molar-refractivity contribution in [3.05, 3.63) is 66.2 Å². The summed E-state index contributed by atoms with van der Waals surface area (Å²) in [5.74, 6) is -1.09. The summed E-state index contributed by atoms with van der Waals surface area (Å²) in [6.45, 7) is 0.524. The summed E-state index contributed by atoms with van der Waals surface area (Å²) >= 11 is 0. The predicted molar refractivity (Wildman–Crippen MR) is 91.0 cm³/mol. The number of hydrogen-bond acceptors (Lipinski definition) is 3. The lowest BCUT2D eigenvalue weighted by Gasteiger charge is -2.14. The highest BCUT2D eigenvalue weighted by Crippen LogP contribution is 2.15. The van der Waals surface area contributed by atoms with Crippen molar-refractivity contribution in [1.82, 2.24) is 5.32 Å². The Hall–Kier alpha value is -2.82. The van der Waals surface area contributed by atoms with Crippen LogP contribution in [0.15, 0.2) is 60.7 Å². The first-order valence-corrected chi connectivity index (χ1v) is 7.89. The summed E-state index contributed by atoms with van der Waals surface area (Å²) in [6.07, 6.45) is 0.873. The Morgan fingerprint density at radius 3 is 2.25 bits per heavy atom. The first kappa shape index (κ1) is 17.5. The molecule has 1 atom stereocenters. The lowest BCUT2D eigenvalue weighted by Crippen LogP contribution is -2.31. The summed E-state index contributed by atoms with van der Waals surface area (Å²) in [7, 11) is 0. The van der Waals surface area contributed by atoms with Crippen molar-refractivity contribution in [3.63, 3.8) is 0 Å². The molecule has 5 nitrogen and oxygen atoms in total. The van der Waals surface area contributed by atoms with Crippen LogP contribution in [0.1, 0.15) is 24.3 Å². The number of carbonyl (C=O) groups is 2. The van der Waals surface area contributed by atoms with Gasteiger partial charge in [0.05, 0.1) is 12.5 Å². The van der Waals surface area contributed by atoms with E-state index in [1.54, 1.807) is 24.3 Å². The quantitative estimate of drug-likeness (QED) is 0.695.